The predicted octanol–water partition coefficient (Wildman–Crippen LogP) is 2.69. The van der Waals surface area contributed by atoms with Crippen LogP contribution < -0.4 is 10.3 Å². The summed E-state index contributed by atoms with van der Waals surface area (Å²) in [5.41, 5.74) is 3.71. The van der Waals surface area contributed by atoms with Crippen LogP contribution in [0.1, 0.15) is 27.0 Å². The maximum Gasteiger partial charge on any atom is 0.380 e. The summed E-state index contributed by atoms with van der Waals surface area (Å²) in [7, 11) is -4.08. The first-order valence-corrected chi connectivity index (χ1v) is 13.6. The van der Waals surface area contributed by atoms with Crippen molar-refractivity contribution in [2.75, 3.05) is 18.5 Å². The Labute approximate surface area is 220 Å². The molecule has 1 saturated heterocycles. The number of nitrogens with zero attached hydrogens (tertiary/aromatic N) is 2. The number of terminal acetylenes is 1. The van der Waals surface area contributed by atoms with Crippen molar-refractivity contribution in [2.45, 2.75) is 50.9 Å². The number of rotatable bonds is 10. The SMILES string of the molecule is C#C[C@]1(COP(=O)(C[C@@H](C)C(=O)OC(C)C)Oc2ccccc2)O[C@@H](n2ccc(N)nc2=S)C(O)[C@H]1O. The van der Waals surface area contributed by atoms with Gasteiger partial charge in [-0.3, -0.25) is 13.9 Å². The zero-order chi connectivity index (χ0) is 27.4. The predicted molar refractivity (Wildman–Crippen MR) is 137 cm³/mol. The summed E-state index contributed by atoms with van der Waals surface area (Å²) in [6, 6.07) is 9.67. The lowest BCUT2D eigenvalue weighted by Gasteiger charge is -2.29. The molecule has 4 N–H and O–H groups in total. The van der Waals surface area contributed by atoms with Crippen LogP contribution in [0.25, 0.3) is 0 Å². The highest BCUT2D eigenvalue weighted by atomic mass is 32.1. The number of hydrogen-bond acceptors (Lipinski definition) is 11. The topological polar surface area (TPSA) is 155 Å². The maximum absolute atomic E-state index is 13.9. The average molecular weight is 552 g/mol. The van der Waals surface area contributed by atoms with Gasteiger partial charge in [-0.1, -0.05) is 31.0 Å². The second-order valence-electron chi connectivity index (χ2n) is 8.88. The molecule has 0 bridgehead atoms. The molecule has 1 aliphatic rings. The number of esters is 1. The van der Waals surface area contributed by atoms with Gasteiger partial charge in [0.05, 0.1) is 18.2 Å². The Hall–Kier alpha value is -2.78. The Morgan fingerprint density at radius 3 is 2.59 bits per heavy atom. The molecule has 6 atom stereocenters. The van der Waals surface area contributed by atoms with Gasteiger partial charge >= 0.3 is 13.6 Å². The van der Waals surface area contributed by atoms with Crippen LogP contribution >= 0.6 is 19.8 Å². The summed E-state index contributed by atoms with van der Waals surface area (Å²) in [4.78, 5) is 16.3. The quantitative estimate of drug-likeness (QED) is 0.173. The van der Waals surface area contributed by atoms with Crippen molar-refractivity contribution in [3.63, 3.8) is 0 Å². The molecule has 1 aliphatic heterocycles. The van der Waals surface area contributed by atoms with E-state index in [2.05, 4.69) is 10.9 Å². The van der Waals surface area contributed by atoms with E-state index >= 15 is 0 Å². The number of nitrogen functional groups attached to an aromatic ring is 1. The third kappa shape index (κ3) is 6.76. The van der Waals surface area contributed by atoms with E-state index in [1.807, 2.05) is 0 Å². The molecule has 200 valence electrons. The summed E-state index contributed by atoms with van der Waals surface area (Å²) >= 11 is 5.19. The fourth-order valence-corrected chi connectivity index (χ4v) is 5.77. The van der Waals surface area contributed by atoms with E-state index in [-0.39, 0.29) is 28.6 Å². The second kappa shape index (κ2) is 11.7. The number of nitrogens with two attached hydrogens (primary N) is 1. The monoisotopic (exact) mass is 551 g/mol. The van der Waals surface area contributed by atoms with Crippen LogP contribution in [0, 0.1) is 23.0 Å². The number of anilines is 1. The Morgan fingerprint density at radius 1 is 1.32 bits per heavy atom. The van der Waals surface area contributed by atoms with Crippen molar-refractivity contribution in [2.24, 2.45) is 5.92 Å². The van der Waals surface area contributed by atoms with Crippen molar-refractivity contribution < 1.29 is 38.1 Å². The van der Waals surface area contributed by atoms with Gasteiger partial charge in [-0.25, -0.2) is 9.55 Å². The summed E-state index contributed by atoms with van der Waals surface area (Å²) in [5.74, 6) is 1.26. The van der Waals surface area contributed by atoms with E-state index in [4.69, 9.17) is 42.9 Å². The molecule has 0 aliphatic carbocycles. The summed E-state index contributed by atoms with van der Waals surface area (Å²) in [6.45, 7) is 4.29. The molecule has 2 heterocycles. The minimum atomic E-state index is -4.08. The van der Waals surface area contributed by atoms with Crippen LogP contribution in [0.3, 0.4) is 0 Å². The Bertz CT molecular complexity index is 1250. The number of hydrogen-bond donors (Lipinski definition) is 3. The first-order chi connectivity index (χ1) is 17.4. The van der Waals surface area contributed by atoms with Gasteiger partial charge in [0, 0.05) is 6.20 Å². The standard InChI is InChI=1S/C24H30N3O8PS/c1-5-24(20(29)19(28)21(34-24)27-12-11-18(25)26-23(27)37)14-32-36(31,35-17-9-7-6-8-10-17)13-16(4)22(30)33-15(2)3/h1,6-12,15-16,19-21,28-29H,13-14H2,2-4H3,(H2,25,26,37)/t16-,19?,20-,21-,24-,36?/m1/s1. The van der Waals surface area contributed by atoms with Crippen molar-refractivity contribution in [3.8, 4) is 18.1 Å². The van der Waals surface area contributed by atoms with Gasteiger partial charge in [0.1, 0.15) is 30.4 Å². The largest absolute Gasteiger partial charge is 0.463 e. The molecular formula is C24H30N3O8PS. The molecule has 2 aromatic rings. The molecule has 1 aromatic heterocycles. The molecular weight excluding hydrogens is 521 g/mol. The van der Waals surface area contributed by atoms with Crippen LogP contribution in [0.5, 0.6) is 5.75 Å². The third-order valence-electron chi connectivity index (χ3n) is 5.51. The summed E-state index contributed by atoms with van der Waals surface area (Å²) < 4.78 is 37.6. The lowest BCUT2D eigenvalue weighted by molar-refractivity contribution is -0.151. The van der Waals surface area contributed by atoms with Crippen LogP contribution in [-0.2, 0) is 23.4 Å². The number of aliphatic hydroxyl groups is 2. The van der Waals surface area contributed by atoms with Gasteiger partial charge in [0.15, 0.2) is 11.8 Å². The van der Waals surface area contributed by atoms with Gasteiger partial charge in [-0.05, 0) is 44.3 Å². The molecule has 13 heteroatoms. The fourth-order valence-electron chi connectivity index (χ4n) is 3.62. The second-order valence-corrected chi connectivity index (χ2v) is 11.3. The lowest BCUT2D eigenvalue weighted by Crippen LogP contribution is -2.45. The molecule has 0 spiro atoms. The molecule has 0 radical (unpaired) electrons. The maximum atomic E-state index is 13.9. The van der Waals surface area contributed by atoms with Gasteiger partial charge < -0.3 is 29.9 Å². The minimum absolute atomic E-state index is 0.0134. The van der Waals surface area contributed by atoms with Crippen molar-refractivity contribution in [1.82, 2.24) is 9.55 Å². The zero-order valence-electron chi connectivity index (χ0n) is 20.6. The van der Waals surface area contributed by atoms with Crippen LogP contribution in [0.15, 0.2) is 42.6 Å². The molecule has 1 aromatic carbocycles. The molecule has 11 nitrogen and oxygen atoms in total. The van der Waals surface area contributed by atoms with Crippen molar-refractivity contribution in [1.29, 1.82) is 0 Å². The van der Waals surface area contributed by atoms with E-state index < -0.39 is 50.1 Å². The van der Waals surface area contributed by atoms with Gasteiger partial charge in [-0.2, -0.15) is 0 Å². The zero-order valence-corrected chi connectivity index (χ0v) is 22.3. The highest BCUT2D eigenvalue weighted by Crippen LogP contribution is 2.52. The van der Waals surface area contributed by atoms with Gasteiger partial charge in [0.2, 0.25) is 4.77 Å². The van der Waals surface area contributed by atoms with Crippen LogP contribution in [-0.4, -0.2) is 62.4 Å². The van der Waals surface area contributed by atoms with Crippen LogP contribution in [0.2, 0.25) is 0 Å². The van der Waals surface area contributed by atoms with E-state index in [9.17, 15) is 19.6 Å². The normalized spacial score (nSPS) is 25.7. The van der Waals surface area contributed by atoms with Crippen molar-refractivity contribution in [3.05, 3.63) is 47.4 Å². The molecule has 37 heavy (non-hydrogen) atoms. The van der Waals surface area contributed by atoms with E-state index in [0.717, 1.165) is 0 Å². The van der Waals surface area contributed by atoms with Crippen molar-refractivity contribution >= 4 is 31.6 Å². The number of carbonyl (C=O) groups is 1. The Morgan fingerprint density at radius 2 is 2.00 bits per heavy atom. The molecule has 0 saturated carbocycles. The van der Waals surface area contributed by atoms with E-state index in [1.165, 1.54) is 23.8 Å². The number of para-hydroxylation sites is 1. The van der Waals surface area contributed by atoms with E-state index in [0.29, 0.717) is 0 Å². The number of ether oxygens (including phenoxy) is 2. The number of benzene rings is 1. The highest BCUT2D eigenvalue weighted by molar-refractivity contribution is 7.71. The Balaban J connectivity index is 1.86. The van der Waals surface area contributed by atoms with E-state index in [1.54, 1.807) is 44.2 Å². The molecule has 3 rings (SSSR count). The number of aromatic nitrogens is 2. The van der Waals surface area contributed by atoms with Gasteiger partial charge in [-0.15, -0.1) is 6.42 Å². The Kier molecular flexibility index (Phi) is 9.13. The fraction of sp³-hybridized carbons (Fsp3) is 0.458. The first kappa shape index (κ1) is 28.8. The summed E-state index contributed by atoms with van der Waals surface area (Å²) in [5, 5.41) is 21.6. The average Bonchev–Trinajstić information content (AvgIpc) is 3.08. The first-order valence-electron chi connectivity index (χ1n) is 11.4. The minimum Gasteiger partial charge on any atom is -0.463 e. The summed E-state index contributed by atoms with van der Waals surface area (Å²) in [6.07, 6.45) is 2.00. The smallest absolute Gasteiger partial charge is 0.380 e. The molecule has 0 amide bonds. The lowest BCUT2D eigenvalue weighted by atomic mass is 9.97. The molecule has 2 unspecified atom stereocenters. The van der Waals surface area contributed by atoms with Gasteiger partial charge in [0.25, 0.3) is 0 Å². The molecule has 1 fully saturated rings. The number of carbonyl (C=O) groups excluding carboxylic acids is 1. The third-order valence-corrected chi connectivity index (χ3v) is 7.82. The van der Waals surface area contributed by atoms with Crippen LogP contribution in [0.4, 0.5) is 5.82 Å². The number of aliphatic hydroxyl groups excluding tert-OH is 2. The highest BCUT2D eigenvalue weighted by Gasteiger charge is 2.55.